The van der Waals surface area contributed by atoms with Crippen LogP contribution in [0.3, 0.4) is 0 Å². The van der Waals surface area contributed by atoms with Crippen molar-refractivity contribution in [2.45, 2.75) is 12.5 Å². The minimum atomic E-state index is 0.0864. The highest BCUT2D eigenvalue weighted by molar-refractivity contribution is 9.10. The molecular formula is C11H13BrN2O. The van der Waals surface area contributed by atoms with Gasteiger partial charge in [-0.25, -0.2) is 0 Å². The molecule has 3 nitrogen and oxygen atoms in total. The van der Waals surface area contributed by atoms with Crippen molar-refractivity contribution < 1.29 is 4.79 Å². The van der Waals surface area contributed by atoms with E-state index in [2.05, 4.69) is 38.7 Å². The fourth-order valence-electron chi connectivity index (χ4n) is 1.72. The van der Waals surface area contributed by atoms with E-state index in [0.29, 0.717) is 6.54 Å². The van der Waals surface area contributed by atoms with Crippen molar-refractivity contribution in [1.29, 1.82) is 0 Å². The van der Waals surface area contributed by atoms with Crippen molar-refractivity contribution in [3.63, 3.8) is 0 Å². The Hall–Kier alpha value is -0.870. The molecule has 1 amide bonds. The largest absolute Gasteiger partial charge is 0.351 e. The normalized spacial score (nSPS) is 21.1. The summed E-state index contributed by atoms with van der Waals surface area (Å²) < 4.78 is 1.08. The number of rotatable bonds is 2. The van der Waals surface area contributed by atoms with Crippen LogP contribution in [-0.2, 0) is 11.2 Å². The molecule has 1 saturated heterocycles. The first-order valence-corrected chi connectivity index (χ1v) is 5.78. The highest BCUT2D eigenvalue weighted by atomic mass is 79.9. The van der Waals surface area contributed by atoms with Gasteiger partial charge in [0.2, 0.25) is 5.91 Å². The Bertz CT molecular complexity index is 350. The van der Waals surface area contributed by atoms with E-state index in [1.165, 1.54) is 5.56 Å². The van der Waals surface area contributed by atoms with E-state index in [-0.39, 0.29) is 11.9 Å². The average Bonchev–Trinajstić information content (AvgIpc) is 2.22. The van der Waals surface area contributed by atoms with Crippen LogP contribution in [0.1, 0.15) is 5.56 Å². The summed E-state index contributed by atoms with van der Waals surface area (Å²) in [6.07, 6.45) is 0.881. The first kappa shape index (κ1) is 10.6. The standard InChI is InChI=1S/C11H13BrN2O/c12-9-3-1-8(2-4-9)5-10-6-13-7-11(15)14-10/h1-4,10,13H,5-7H2,(H,14,15). The molecule has 1 aliphatic rings. The molecule has 2 N–H and O–H groups in total. The molecule has 0 bridgehead atoms. The van der Waals surface area contributed by atoms with Gasteiger partial charge in [0.05, 0.1) is 6.54 Å². The summed E-state index contributed by atoms with van der Waals surface area (Å²) >= 11 is 3.40. The highest BCUT2D eigenvalue weighted by Gasteiger charge is 2.17. The molecule has 0 radical (unpaired) electrons. The molecule has 15 heavy (non-hydrogen) atoms. The predicted molar refractivity (Wildman–Crippen MR) is 62.6 cm³/mol. The SMILES string of the molecule is O=C1CNCC(Cc2ccc(Br)cc2)N1. The van der Waals surface area contributed by atoms with Crippen LogP contribution in [0.5, 0.6) is 0 Å². The molecule has 80 valence electrons. The van der Waals surface area contributed by atoms with Gasteiger partial charge in [-0.3, -0.25) is 4.79 Å². The van der Waals surface area contributed by atoms with Gasteiger partial charge in [-0.05, 0) is 24.1 Å². The van der Waals surface area contributed by atoms with Crippen LogP contribution in [-0.4, -0.2) is 25.0 Å². The Morgan fingerprint density at radius 2 is 2.07 bits per heavy atom. The molecule has 1 atom stereocenters. The Labute approximate surface area is 97.4 Å². The first-order chi connectivity index (χ1) is 7.24. The summed E-state index contributed by atoms with van der Waals surface area (Å²) in [7, 11) is 0. The lowest BCUT2D eigenvalue weighted by Gasteiger charge is -2.24. The summed E-state index contributed by atoms with van der Waals surface area (Å²) in [6, 6.07) is 8.41. The number of hydrogen-bond acceptors (Lipinski definition) is 2. The maximum absolute atomic E-state index is 11.1. The molecule has 0 spiro atoms. The number of nitrogens with one attached hydrogen (secondary N) is 2. The zero-order chi connectivity index (χ0) is 10.7. The number of carbonyl (C=O) groups is 1. The monoisotopic (exact) mass is 268 g/mol. The molecule has 2 rings (SSSR count). The number of amides is 1. The lowest BCUT2D eigenvalue weighted by Crippen LogP contribution is -2.52. The second kappa shape index (κ2) is 4.77. The van der Waals surface area contributed by atoms with Crippen molar-refractivity contribution >= 4 is 21.8 Å². The lowest BCUT2D eigenvalue weighted by molar-refractivity contribution is -0.122. The van der Waals surface area contributed by atoms with Crippen LogP contribution in [0.4, 0.5) is 0 Å². The van der Waals surface area contributed by atoms with E-state index in [1.54, 1.807) is 0 Å². The lowest BCUT2D eigenvalue weighted by atomic mass is 10.0. The van der Waals surface area contributed by atoms with Gasteiger partial charge >= 0.3 is 0 Å². The minimum Gasteiger partial charge on any atom is -0.351 e. The zero-order valence-corrected chi connectivity index (χ0v) is 9.88. The summed E-state index contributed by atoms with van der Waals surface area (Å²) in [5.74, 6) is 0.0864. The third kappa shape index (κ3) is 3.04. The van der Waals surface area contributed by atoms with E-state index in [1.807, 2.05) is 12.1 Å². The summed E-state index contributed by atoms with van der Waals surface area (Å²) in [4.78, 5) is 11.1. The topological polar surface area (TPSA) is 41.1 Å². The number of halogens is 1. The van der Waals surface area contributed by atoms with Crippen molar-refractivity contribution in [2.75, 3.05) is 13.1 Å². The van der Waals surface area contributed by atoms with Gasteiger partial charge in [-0.1, -0.05) is 28.1 Å². The van der Waals surface area contributed by atoms with Crippen molar-refractivity contribution in [1.82, 2.24) is 10.6 Å². The summed E-state index contributed by atoms with van der Waals surface area (Å²) in [5, 5.41) is 6.06. The van der Waals surface area contributed by atoms with Gasteiger partial charge in [0.25, 0.3) is 0 Å². The Kier molecular flexibility index (Phi) is 3.38. The molecule has 0 saturated carbocycles. The molecule has 1 heterocycles. The second-order valence-electron chi connectivity index (χ2n) is 3.73. The fraction of sp³-hybridized carbons (Fsp3) is 0.364. The van der Waals surface area contributed by atoms with Crippen LogP contribution >= 0.6 is 15.9 Å². The number of piperazine rings is 1. The molecular weight excluding hydrogens is 256 g/mol. The van der Waals surface area contributed by atoms with Gasteiger partial charge in [-0.2, -0.15) is 0 Å². The third-order valence-corrected chi connectivity index (χ3v) is 2.97. The van der Waals surface area contributed by atoms with Gasteiger partial charge in [0, 0.05) is 17.1 Å². The molecule has 0 aliphatic carbocycles. The van der Waals surface area contributed by atoms with Gasteiger partial charge < -0.3 is 10.6 Å². The summed E-state index contributed by atoms with van der Waals surface area (Å²) in [6.45, 7) is 1.29. The molecule has 1 aromatic carbocycles. The van der Waals surface area contributed by atoms with Gasteiger partial charge in [0.15, 0.2) is 0 Å². The Balaban J connectivity index is 1.96. The molecule has 1 fully saturated rings. The van der Waals surface area contributed by atoms with Crippen LogP contribution in [0.25, 0.3) is 0 Å². The molecule has 1 aliphatic heterocycles. The van der Waals surface area contributed by atoms with E-state index in [0.717, 1.165) is 17.4 Å². The summed E-state index contributed by atoms with van der Waals surface area (Å²) in [5.41, 5.74) is 1.24. The molecule has 0 aromatic heterocycles. The molecule has 4 heteroatoms. The smallest absolute Gasteiger partial charge is 0.234 e. The zero-order valence-electron chi connectivity index (χ0n) is 8.29. The number of hydrogen-bond donors (Lipinski definition) is 2. The Morgan fingerprint density at radius 3 is 2.73 bits per heavy atom. The van der Waals surface area contributed by atoms with E-state index in [4.69, 9.17) is 0 Å². The number of carbonyl (C=O) groups excluding carboxylic acids is 1. The fourth-order valence-corrected chi connectivity index (χ4v) is 1.98. The minimum absolute atomic E-state index is 0.0864. The van der Waals surface area contributed by atoms with Gasteiger partial charge in [-0.15, -0.1) is 0 Å². The van der Waals surface area contributed by atoms with Gasteiger partial charge in [0.1, 0.15) is 0 Å². The maximum Gasteiger partial charge on any atom is 0.234 e. The maximum atomic E-state index is 11.1. The van der Waals surface area contributed by atoms with Crippen LogP contribution in [0.15, 0.2) is 28.7 Å². The third-order valence-electron chi connectivity index (χ3n) is 2.44. The number of benzene rings is 1. The van der Waals surface area contributed by atoms with Crippen LogP contribution in [0.2, 0.25) is 0 Å². The average molecular weight is 269 g/mol. The van der Waals surface area contributed by atoms with E-state index >= 15 is 0 Å². The first-order valence-electron chi connectivity index (χ1n) is 4.98. The van der Waals surface area contributed by atoms with E-state index in [9.17, 15) is 4.79 Å². The second-order valence-corrected chi connectivity index (χ2v) is 4.64. The van der Waals surface area contributed by atoms with E-state index < -0.39 is 0 Å². The quantitative estimate of drug-likeness (QED) is 0.843. The van der Waals surface area contributed by atoms with Crippen molar-refractivity contribution in [3.05, 3.63) is 34.3 Å². The van der Waals surface area contributed by atoms with Crippen molar-refractivity contribution in [3.8, 4) is 0 Å². The van der Waals surface area contributed by atoms with Crippen LogP contribution in [0, 0.1) is 0 Å². The van der Waals surface area contributed by atoms with Crippen molar-refractivity contribution in [2.24, 2.45) is 0 Å². The predicted octanol–water partition coefficient (Wildman–Crippen LogP) is 1.08. The Morgan fingerprint density at radius 1 is 1.33 bits per heavy atom. The van der Waals surface area contributed by atoms with Crippen LogP contribution < -0.4 is 10.6 Å². The molecule has 1 aromatic rings. The highest BCUT2D eigenvalue weighted by Crippen LogP contribution is 2.12. The molecule has 1 unspecified atom stereocenters.